The van der Waals surface area contributed by atoms with Crippen molar-refractivity contribution in [3.63, 3.8) is 0 Å². The maximum absolute atomic E-state index is 14.9. The maximum Gasteiger partial charge on any atom is 0.323 e. The lowest BCUT2D eigenvalue weighted by atomic mass is 9.84. The minimum Gasteiger partial charge on any atom is -0.377 e. The van der Waals surface area contributed by atoms with Crippen molar-refractivity contribution < 1.29 is 27.1 Å². The minimum atomic E-state index is -4.25. The number of nitrogens with two attached hydrogens (primary N) is 1. The van der Waals surface area contributed by atoms with Gasteiger partial charge in [-0.3, -0.25) is 4.98 Å². The van der Waals surface area contributed by atoms with E-state index in [1.165, 1.54) is 0 Å². The smallest absolute Gasteiger partial charge is 0.323 e. The molecule has 4 N–H and O–H groups in total. The number of halogens is 5. The number of alkyl halides is 2. The normalized spacial score (nSPS) is 14.5. The van der Waals surface area contributed by atoms with Crippen LogP contribution < -0.4 is 11.2 Å². The molecule has 1 heterocycles. The SMILES string of the molecule is N/N=C\NCC(O)(c1ccc(F)cc1F)C(F)(F)c1cc(F)ccn1. The summed E-state index contributed by atoms with van der Waals surface area (Å²) in [6, 6.07) is 2.95. The number of benzene rings is 1. The molecule has 5 nitrogen and oxygen atoms in total. The first kappa shape index (κ1) is 18.6. The van der Waals surface area contributed by atoms with Crippen LogP contribution in [-0.4, -0.2) is 23.0 Å². The third kappa shape index (κ3) is 3.53. The number of aromatic nitrogens is 1. The molecule has 0 saturated heterocycles. The predicted molar refractivity (Wildman–Crippen MR) is 79.0 cm³/mol. The molecule has 1 aromatic carbocycles. The van der Waals surface area contributed by atoms with E-state index in [2.05, 4.69) is 15.4 Å². The van der Waals surface area contributed by atoms with E-state index in [0.717, 1.165) is 18.6 Å². The lowest BCUT2D eigenvalue weighted by molar-refractivity contribution is -0.195. The molecule has 0 aliphatic rings. The zero-order chi connectivity index (χ0) is 18.7. The van der Waals surface area contributed by atoms with Gasteiger partial charge in [0.15, 0.2) is 5.60 Å². The third-order valence-corrected chi connectivity index (χ3v) is 3.46. The number of hydrazone groups is 1. The highest BCUT2D eigenvalue weighted by Gasteiger charge is 2.57. The van der Waals surface area contributed by atoms with E-state index in [4.69, 9.17) is 5.84 Å². The highest BCUT2D eigenvalue weighted by Crippen LogP contribution is 2.45. The Hall–Kier alpha value is -2.75. The molecule has 25 heavy (non-hydrogen) atoms. The fourth-order valence-electron chi connectivity index (χ4n) is 2.23. The lowest BCUT2D eigenvalue weighted by Gasteiger charge is -2.36. The van der Waals surface area contributed by atoms with E-state index in [1.54, 1.807) is 0 Å². The molecular formula is C15H13F5N4O. The topological polar surface area (TPSA) is 83.5 Å². The molecular weight excluding hydrogens is 347 g/mol. The van der Waals surface area contributed by atoms with Crippen molar-refractivity contribution in [3.8, 4) is 0 Å². The first-order valence-corrected chi connectivity index (χ1v) is 6.85. The molecule has 0 amide bonds. The number of nitrogens with zero attached hydrogens (tertiary/aromatic N) is 2. The van der Waals surface area contributed by atoms with Crippen LogP contribution in [0.1, 0.15) is 11.3 Å². The van der Waals surface area contributed by atoms with Crippen LogP contribution in [0.15, 0.2) is 41.6 Å². The van der Waals surface area contributed by atoms with Gasteiger partial charge in [0.05, 0.1) is 6.54 Å². The summed E-state index contributed by atoms with van der Waals surface area (Å²) >= 11 is 0. The van der Waals surface area contributed by atoms with Gasteiger partial charge in [0.1, 0.15) is 29.5 Å². The van der Waals surface area contributed by atoms with Gasteiger partial charge >= 0.3 is 5.92 Å². The number of rotatable bonds is 6. The average molecular weight is 360 g/mol. The van der Waals surface area contributed by atoms with Crippen LogP contribution in [0, 0.1) is 17.5 Å². The second-order valence-electron chi connectivity index (χ2n) is 5.08. The highest BCUT2D eigenvalue weighted by molar-refractivity contribution is 5.54. The van der Waals surface area contributed by atoms with Gasteiger partial charge in [-0.1, -0.05) is 0 Å². The summed E-state index contributed by atoms with van der Waals surface area (Å²) in [6.45, 7) is -0.971. The average Bonchev–Trinajstić information content (AvgIpc) is 2.54. The first-order valence-electron chi connectivity index (χ1n) is 6.85. The van der Waals surface area contributed by atoms with Crippen molar-refractivity contribution in [3.05, 3.63) is 65.2 Å². The maximum atomic E-state index is 14.9. The van der Waals surface area contributed by atoms with Gasteiger partial charge in [0.25, 0.3) is 0 Å². The first-order chi connectivity index (χ1) is 11.7. The third-order valence-electron chi connectivity index (χ3n) is 3.46. The van der Waals surface area contributed by atoms with Crippen molar-refractivity contribution in [1.82, 2.24) is 10.3 Å². The molecule has 0 aliphatic carbocycles. The van der Waals surface area contributed by atoms with Crippen LogP contribution in [0.3, 0.4) is 0 Å². The van der Waals surface area contributed by atoms with E-state index >= 15 is 0 Å². The van der Waals surface area contributed by atoms with E-state index < -0.39 is 46.8 Å². The monoisotopic (exact) mass is 360 g/mol. The van der Waals surface area contributed by atoms with Crippen LogP contribution >= 0.6 is 0 Å². The van der Waals surface area contributed by atoms with Crippen LogP contribution in [0.2, 0.25) is 0 Å². The predicted octanol–water partition coefficient (Wildman–Crippen LogP) is 1.97. The Labute approximate surface area is 139 Å². The highest BCUT2D eigenvalue weighted by atomic mass is 19.3. The Bertz CT molecular complexity index is 786. The second-order valence-corrected chi connectivity index (χ2v) is 5.08. The Morgan fingerprint density at radius 1 is 1.16 bits per heavy atom. The Balaban J connectivity index is 2.61. The molecule has 1 aromatic heterocycles. The van der Waals surface area contributed by atoms with Gasteiger partial charge in [-0.15, -0.1) is 0 Å². The van der Waals surface area contributed by atoms with Crippen LogP contribution in [0.5, 0.6) is 0 Å². The zero-order valence-corrected chi connectivity index (χ0v) is 12.6. The number of hydrogen-bond acceptors (Lipinski definition) is 4. The molecule has 134 valence electrons. The van der Waals surface area contributed by atoms with Crippen molar-refractivity contribution in [2.24, 2.45) is 10.9 Å². The van der Waals surface area contributed by atoms with Gasteiger partial charge in [-0.05, 0) is 18.2 Å². The number of hydrogen-bond donors (Lipinski definition) is 3. The molecule has 10 heteroatoms. The Morgan fingerprint density at radius 3 is 2.44 bits per heavy atom. The van der Waals surface area contributed by atoms with E-state index in [1.807, 2.05) is 0 Å². The van der Waals surface area contributed by atoms with Crippen molar-refractivity contribution in [2.75, 3.05) is 6.54 Å². The largest absolute Gasteiger partial charge is 0.377 e. The number of pyridine rings is 1. The van der Waals surface area contributed by atoms with Crippen LogP contribution in [0.4, 0.5) is 22.0 Å². The molecule has 0 aliphatic heterocycles. The molecule has 2 rings (SSSR count). The van der Waals surface area contributed by atoms with E-state index in [0.29, 0.717) is 24.3 Å². The summed E-state index contributed by atoms with van der Waals surface area (Å²) < 4.78 is 70.3. The Kier molecular flexibility index (Phi) is 5.21. The summed E-state index contributed by atoms with van der Waals surface area (Å²) in [6.07, 6.45) is 1.57. The van der Waals surface area contributed by atoms with Gasteiger partial charge in [-0.25, -0.2) is 13.2 Å². The van der Waals surface area contributed by atoms with Gasteiger partial charge in [0.2, 0.25) is 0 Å². The summed E-state index contributed by atoms with van der Waals surface area (Å²) in [5.41, 5.74) is -5.29. The Morgan fingerprint density at radius 2 is 1.84 bits per heavy atom. The quantitative estimate of drug-likeness (QED) is 0.242. The van der Waals surface area contributed by atoms with Crippen molar-refractivity contribution >= 4 is 6.34 Å². The summed E-state index contributed by atoms with van der Waals surface area (Å²) in [7, 11) is 0. The van der Waals surface area contributed by atoms with E-state index in [-0.39, 0.29) is 0 Å². The lowest BCUT2D eigenvalue weighted by Crippen LogP contribution is -2.51. The molecule has 1 atom stereocenters. The minimum absolute atomic E-state index is 0.340. The molecule has 0 spiro atoms. The molecule has 0 bridgehead atoms. The fourth-order valence-corrected chi connectivity index (χ4v) is 2.23. The fraction of sp³-hybridized carbons (Fsp3) is 0.200. The number of aliphatic hydroxyl groups is 1. The standard InChI is InChI=1S/C15H13F5N4O/c16-9-1-2-11(12(18)5-9)14(25,7-22-8-24-21)15(19,20)13-6-10(17)3-4-23-13/h1-6,8,25H,7,21H2,(H,22,24). The molecule has 0 saturated carbocycles. The summed E-state index contributed by atoms with van der Waals surface area (Å²) in [5, 5.41) is 15.8. The van der Waals surface area contributed by atoms with Gasteiger partial charge in [-0.2, -0.15) is 13.9 Å². The van der Waals surface area contributed by atoms with Crippen LogP contribution in [0.25, 0.3) is 0 Å². The van der Waals surface area contributed by atoms with Crippen LogP contribution in [-0.2, 0) is 11.5 Å². The van der Waals surface area contributed by atoms with Gasteiger partial charge < -0.3 is 16.3 Å². The van der Waals surface area contributed by atoms with Gasteiger partial charge in [0, 0.05) is 23.9 Å². The number of nitrogens with one attached hydrogen (secondary N) is 1. The molecule has 1 unspecified atom stereocenters. The molecule has 0 fully saturated rings. The van der Waals surface area contributed by atoms with E-state index in [9.17, 15) is 27.1 Å². The van der Waals surface area contributed by atoms with Crippen molar-refractivity contribution in [1.29, 1.82) is 0 Å². The summed E-state index contributed by atoms with van der Waals surface area (Å²) in [5.74, 6) is -2.87. The molecule has 0 radical (unpaired) electrons. The molecule has 2 aromatic rings. The summed E-state index contributed by atoms with van der Waals surface area (Å²) in [4.78, 5) is 3.35. The zero-order valence-electron chi connectivity index (χ0n) is 12.6. The van der Waals surface area contributed by atoms with Crippen molar-refractivity contribution in [2.45, 2.75) is 11.5 Å². The second kappa shape index (κ2) is 7.01.